The SMILES string of the molecule is Cc1ccc(C(=O)COC(=O)CCN2C(=O)[C@@H]3CC=CC[C@H]3C2=O)cc1. The van der Waals surface area contributed by atoms with Gasteiger partial charge in [-0.2, -0.15) is 0 Å². The Morgan fingerprint density at radius 1 is 1.04 bits per heavy atom. The first kappa shape index (κ1) is 18.0. The van der Waals surface area contributed by atoms with Crippen molar-refractivity contribution < 1.29 is 23.9 Å². The molecule has 3 rings (SSSR count). The second-order valence-electron chi connectivity index (χ2n) is 6.68. The lowest BCUT2D eigenvalue weighted by atomic mass is 9.85. The number of nitrogens with zero attached hydrogens (tertiary/aromatic N) is 1. The minimum absolute atomic E-state index is 0.00220. The van der Waals surface area contributed by atoms with Crippen molar-refractivity contribution in [1.82, 2.24) is 4.90 Å². The maximum atomic E-state index is 12.3. The fraction of sp³-hybridized carbons (Fsp3) is 0.400. The highest BCUT2D eigenvalue weighted by atomic mass is 16.5. The van der Waals surface area contributed by atoms with Gasteiger partial charge in [0.1, 0.15) is 0 Å². The Bertz CT molecular complexity index is 739. The molecule has 2 amide bonds. The van der Waals surface area contributed by atoms with E-state index in [0.717, 1.165) is 10.5 Å². The number of hydrogen-bond donors (Lipinski definition) is 0. The fourth-order valence-corrected chi connectivity index (χ4v) is 3.33. The first-order chi connectivity index (χ1) is 12.5. The monoisotopic (exact) mass is 355 g/mol. The van der Waals surface area contributed by atoms with Crippen LogP contribution in [0.4, 0.5) is 0 Å². The van der Waals surface area contributed by atoms with Gasteiger partial charge in [0.2, 0.25) is 11.8 Å². The number of ketones is 1. The molecule has 2 atom stereocenters. The zero-order valence-electron chi connectivity index (χ0n) is 14.6. The molecule has 1 saturated heterocycles. The summed E-state index contributed by atoms with van der Waals surface area (Å²) in [4.78, 5) is 49.6. The second-order valence-corrected chi connectivity index (χ2v) is 6.68. The number of imide groups is 1. The van der Waals surface area contributed by atoms with Gasteiger partial charge in [0.05, 0.1) is 18.3 Å². The molecule has 136 valence electrons. The molecule has 0 bridgehead atoms. The molecule has 0 aromatic heterocycles. The molecule has 0 unspecified atom stereocenters. The van der Waals surface area contributed by atoms with Crippen molar-refractivity contribution in [2.24, 2.45) is 11.8 Å². The maximum absolute atomic E-state index is 12.3. The zero-order valence-corrected chi connectivity index (χ0v) is 14.6. The van der Waals surface area contributed by atoms with Crippen molar-refractivity contribution in [2.75, 3.05) is 13.2 Å². The lowest BCUT2D eigenvalue weighted by Gasteiger charge is -2.14. The molecule has 1 heterocycles. The summed E-state index contributed by atoms with van der Waals surface area (Å²) in [5.41, 5.74) is 1.51. The first-order valence-electron chi connectivity index (χ1n) is 8.73. The summed E-state index contributed by atoms with van der Waals surface area (Å²) in [6.45, 7) is 1.57. The molecule has 6 nitrogen and oxygen atoms in total. The van der Waals surface area contributed by atoms with E-state index in [0.29, 0.717) is 18.4 Å². The van der Waals surface area contributed by atoms with Crippen LogP contribution in [-0.2, 0) is 19.1 Å². The number of allylic oxidation sites excluding steroid dienone is 2. The maximum Gasteiger partial charge on any atom is 0.308 e. The van der Waals surface area contributed by atoms with Gasteiger partial charge >= 0.3 is 5.97 Å². The van der Waals surface area contributed by atoms with Crippen molar-refractivity contribution in [3.63, 3.8) is 0 Å². The number of Topliss-reactive ketones (excluding diaryl/α,β-unsaturated/α-hetero) is 1. The number of likely N-dealkylation sites (tertiary alicyclic amines) is 1. The number of rotatable bonds is 6. The molecule has 0 radical (unpaired) electrons. The summed E-state index contributed by atoms with van der Waals surface area (Å²) < 4.78 is 4.99. The minimum Gasteiger partial charge on any atom is -0.457 e. The van der Waals surface area contributed by atoms with Crippen molar-refractivity contribution in [3.8, 4) is 0 Å². The third-order valence-corrected chi connectivity index (χ3v) is 4.88. The summed E-state index contributed by atoms with van der Waals surface area (Å²) in [5.74, 6) is -1.91. The summed E-state index contributed by atoms with van der Waals surface area (Å²) in [5, 5.41) is 0. The predicted molar refractivity (Wildman–Crippen MR) is 93.2 cm³/mol. The van der Waals surface area contributed by atoms with Crippen molar-refractivity contribution in [1.29, 1.82) is 0 Å². The van der Waals surface area contributed by atoms with Gasteiger partial charge in [-0.15, -0.1) is 0 Å². The highest BCUT2D eigenvalue weighted by molar-refractivity contribution is 6.05. The van der Waals surface area contributed by atoms with E-state index in [4.69, 9.17) is 4.74 Å². The van der Waals surface area contributed by atoms with Crippen LogP contribution in [0.5, 0.6) is 0 Å². The molecule has 6 heteroatoms. The molecule has 0 saturated carbocycles. The topological polar surface area (TPSA) is 80.8 Å². The molecule has 1 aromatic carbocycles. The Morgan fingerprint density at radius 3 is 2.19 bits per heavy atom. The number of ether oxygens (including phenoxy) is 1. The van der Waals surface area contributed by atoms with E-state index in [-0.39, 0.29) is 49.0 Å². The molecule has 1 aliphatic carbocycles. The van der Waals surface area contributed by atoms with Crippen LogP contribution in [0.25, 0.3) is 0 Å². The Labute approximate surface area is 151 Å². The molecule has 1 aromatic rings. The highest BCUT2D eigenvalue weighted by Crippen LogP contribution is 2.34. The summed E-state index contributed by atoms with van der Waals surface area (Å²) in [6, 6.07) is 6.99. The molecular formula is C20H21NO5. The van der Waals surface area contributed by atoms with Gasteiger partial charge in [-0.1, -0.05) is 42.0 Å². The number of esters is 1. The van der Waals surface area contributed by atoms with Gasteiger partial charge in [-0.25, -0.2) is 0 Å². The van der Waals surface area contributed by atoms with Gasteiger partial charge in [-0.05, 0) is 19.8 Å². The van der Waals surface area contributed by atoms with Crippen molar-refractivity contribution in [2.45, 2.75) is 26.2 Å². The average Bonchev–Trinajstić information content (AvgIpc) is 2.89. The average molecular weight is 355 g/mol. The highest BCUT2D eigenvalue weighted by Gasteiger charge is 2.46. The van der Waals surface area contributed by atoms with E-state index in [9.17, 15) is 19.2 Å². The molecule has 1 aliphatic heterocycles. The first-order valence-corrected chi connectivity index (χ1v) is 8.73. The summed E-state index contributed by atoms with van der Waals surface area (Å²) >= 11 is 0. The Hall–Kier alpha value is -2.76. The normalized spacial score (nSPS) is 21.7. The van der Waals surface area contributed by atoms with Crippen LogP contribution in [0, 0.1) is 18.8 Å². The van der Waals surface area contributed by atoms with Crippen LogP contribution < -0.4 is 0 Å². The van der Waals surface area contributed by atoms with E-state index >= 15 is 0 Å². The predicted octanol–water partition coefficient (Wildman–Crippen LogP) is 2.06. The summed E-state index contributed by atoms with van der Waals surface area (Å²) in [6.07, 6.45) is 4.87. The third-order valence-electron chi connectivity index (χ3n) is 4.88. The molecule has 26 heavy (non-hydrogen) atoms. The smallest absolute Gasteiger partial charge is 0.308 e. The van der Waals surface area contributed by atoms with Crippen LogP contribution in [-0.4, -0.2) is 41.6 Å². The van der Waals surface area contributed by atoms with Crippen molar-refractivity contribution in [3.05, 3.63) is 47.5 Å². The zero-order chi connectivity index (χ0) is 18.7. The van der Waals surface area contributed by atoms with Gasteiger partial charge < -0.3 is 4.74 Å². The molecule has 2 aliphatic rings. The lowest BCUT2D eigenvalue weighted by Crippen LogP contribution is -2.33. The van der Waals surface area contributed by atoms with E-state index < -0.39 is 5.97 Å². The number of carbonyl (C=O) groups is 4. The Morgan fingerprint density at radius 2 is 1.62 bits per heavy atom. The quantitative estimate of drug-likeness (QED) is 0.338. The van der Waals surface area contributed by atoms with E-state index in [1.165, 1.54) is 0 Å². The Kier molecular flexibility index (Phi) is 5.30. The number of benzene rings is 1. The fourth-order valence-electron chi connectivity index (χ4n) is 3.33. The minimum atomic E-state index is -0.598. The van der Waals surface area contributed by atoms with Crippen LogP contribution in [0.2, 0.25) is 0 Å². The molecule has 0 spiro atoms. The number of carbonyl (C=O) groups excluding carboxylic acids is 4. The second kappa shape index (κ2) is 7.64. The van der Waals surface area contributed by atoms with Crippen LogP contribution >= 0.6 is 0 Å². The third kappa shape index (κ3) is 3.74. The van der Waals surface area contributed by atoms with Crippen LogP contribution in [0.1, 0.15) is 35.2 Å². The number of fused-ring (bicyclic) bond motifs is 1. The number of aryl methyl sites for hydroxylation is 1. The largest absolute Gasteiger partial charge is 0.457 e. The van der Waals surface area contributed by atoms with E-state index in [1.54, 1.807) is 12.1 Å². The van der Waals surface area contributed by atoms with Crippen LogP contribution in [0.15, 0.2) is 36.4 Å². The molecule has 1 fully saturated rings. The Balaban J connectivity index is 1.47. The number of amides is 2. The van der Waals surface area contributed by atoms with Gasteiger partial charge in [0, 0.05) is 12.1 Å². The van der Waals surface area contributed by atoms with Gasteiger partial charge in [0.15, 0.2) is 12.4 Å². The summed E-state index contributed by atoms with van der Waals surface area (Å²) in [7, 11) is 0. The van der Waals surface area contributed by atoms with Gasteiger partial charge in [-0.3, -0.25) is 24.1 Å². The van der Waals surface area contributed by atoms with Gasteiger partial charge in [0.25, 0.3) is 0 Å². The lowest BCUT2D eigenvalue weighted by molar-refractivity contribution is -0.145. The number of hydrogen-bond acceptors (Lipinski definition) is 5. The standard InChI is InChI=1S/C20H21NO5/c1-13-6-8-14(9-7-13)17(22)12-26-18(23)10-11-21-19(24)15-4-2-3-5-16(15)20(21)25/h2-3,6-9,15-16H,4-5,10-12H2,1H3/t15-,16-/m1/s1. The van der Waals surface area contributed by atoms with E-state index in [1.807, 2.05) is 31.2 Å². The molecule has 0 N–H and O–H groups in total. The van der Waals surface area contributed by atoms with Crippen molar-refractivity contribution >= 4 is 23.6 Å². The van der Waals surface area contributed by atoms with Crippen LogP contribution in [0.3, 0.4) is 0 Å². The molecular weight excluding hydrogens is 334 g/mol. The van der Waals surface area contributed by atoms with E-state index in [2.05, 4.69) is 0 Å².